The van der Waals surface area contributed by atoms with Crippen molar-refractivity contribution in [2.24, 2.45) is 0 Å². The van der Waals surface area contributed by atoms with Crippen LogP contribution in [0, 0.1) is 20.2 Å². The summed E-state index contributed by atoms with van der Waals surface area (Å²) in [5.74, 6) is -1.40. The van der Waals surface area contributed by atoms with E-state index < -0.39 is 33.0 Å². The second kappa shape index (κ2) is 8.09. The molecule has 134 valence electrons. The minimum Gasteiger partial charge on any atom is -0.298 e. The van der Waals surface area contributed by atoms with Gasteiger partial charge in [-0.3, -0.25) is 46.0 Å². The van der Waals surface area contributed by atoms with Crippen molar-refractivity contribution >= 4 is 51.9 Å². The lowest BCUT2D eigenvalue weighted by molar-refractivity contribution is -0.394. The van der Waals surface area contributed by atoms with E-state index in [4.69, 9.17) is 12.2 Å². The van der Waals surface area contributed by atoms with Crippen molar-refractivity contribution in [1.82, 2.24) is 16.2 Å². The maximum Gasteiger partial charge on any atom is 0.279 e. The number of nitrogens with zero attached hydrogens (tertiary/aromatic N) is 2. The van der Waals surface area contributed by atoms with Crippen molar-refractivity contribution in [2.45, 2.75) is 0 Å². The van der Waals surface area contributed by atoms with E-state index in [2.05, 4.69) is 16.2 Å². The molecular formula is C13H9N5O6S2. The SMILES string of the molecule is O=C(NC(=S)NNC(=O)c1cccs1)c1cc([N+](=O)[O-])cc([N+](=O)[O-])c1. The van der Waals surface area contributed by atoms with Crippen LogP contribution in [-0.2, 0) is 0 Å². The number of thiophene rings is 1. The Kier molecular flexibility index (Phi) is 5.87. The van der Waals surface area contributed by atoms with Crippen molar-refractivity contribution in [1.29, 1.82) is 0 Å². The molecule has 2 amide bonds. The summed E-state index contributed by atoms with van der Waals surface area (Å²) < 4.78 is 0. The highest BCUT2D eigenvalue weighted by atomic mass is 32.1. The average molecular weight is 395 g/mol. The number of hydrazine groups is 1. The zero-order valence-electron chi connectivity index (χ0n) is 12.6. The van der Waals surface area contributed by atoms with Gasteiger partial charge in [-0.05, 0) is 23.7 Å². The molecule has 0 saturated heterocycles. The third-order valence-corrected chi connectivity index (χ3v) is 3.92. The molecule has 26 heavy (non-hydrogen) atoms. The number of nitrogens with one attached hydrogen (secondary N) is 3. The Morgan fingerprint density at radius 1 is 1.00 bits per heavy atom. The largest absolute Gasteiger partial charge is 0.298 e. The van der Waals surface area contributed by atoms with Crippen LogP contribution in [0.15, 0.2) is 35.7 Å². The minimum atomic E-state index is -0.917. The van der Waals surface area contributed by atoms with E-state index >= 15 is 0 Å². The fourth-order valence-corrected chi connectivity index (χ4v) is 2.49. The molecule has 2 aromatic rings. The van der Waals surface area contributed by atoms with Gasteiger partial charge in [0.15, 0.2) is 5.11 Å². The molecule has 0 bridgehead atoms. The van der Waals surface area contributed by atoms with Crippen molar-refractivity contribution in [2.75, 3.05) is 0 Å². The molecule has 1 aromatic heterocycles. The lowest BCUT2D eigenvalue weighted by Gasteiger charge is -2.10. The number of carbonyl (C=O) groups is 2. The minimum absolute atomic E-state index is 0.297. The van der Waals surface area contributed by atoms with E-state index in [9.17, 15) is 29.8 Å². The molecular weight excluding hydrogens is 386 g/mol. The molecule has 1 heterocycles. The number of thiocarbonyl (C=S) groups is 1. The van der Waals surface area contributed by atoms with E-state index in [-0.39, 0.29) is 10.7 Å². The molecule has 0 atom stereocenters. The standard InChI is InChI=1S/C13H9N5O6S2/c19-11(7-4-8(17(21)22)6-9(5-7)18(23)24)14-13(25)16-15-12(20)10-2-1-3-26-10/h1-6H,(H,15,20)(H2,14,16,19,25). The van der Waals surface area contributed by atoms with Gasteiger partial charge in [-0.25, -0.2) is 0 Å². The summed E-state index contributed by atoms with van der Waals surface area (Å²) in [7, 11) is 0. The Balaban J connectivity index is 2.04. The normalized spacial score (nSPS) is 9.85. The summed E-state index contributed by atoms with van der Waals surface area (Å²) in [6, 6.07) is 5.72. The Morgan fingerprint density at radius 3 is 2.12 bits per heavy atom. The summed E-state index contributed by atoms with van der Waals surface area (Å²) in [5.41, 5.74) is 2.97. The van der Waals surface area contributed by atoms with Gasteiger partial charge in [0.05, 0.1) is 26.4 Å². The van der Waals surface area contributed by atoms with E-state index in [0.717, 1.165) is 18.2 Å². The maximum atomic E-state index is 12.1. The fourth-order valence-electron chi connectivity index (χ4n) is 1.73. The third kappa shape index (κ3) is 4.78. The van der Waals surface area contributed by atoms with Gasteiger partial charge in [0.1, 0.15) is 0 Å². The first-order chi connectivity index (χ1) is 12.3. The zero-order chi connectivity index (χ0) is 19.3. The van der Waals surface area contributed by atoms with Crippen molar-refractivity contribution in [3.05, 3.63) is 66.4 Å². The van der Waals surface area contributed by atoms with Crippen molar-refractivity contribution in [3.8, 4) is 0 Å². The Hall–Kier alpha value is -3.45. The maximum absolute atomic E-state index is 12.1. The molecule has 1 aromatic carbocycles. The highest BCUT2D eigenvalue weighted by Gasteiger charge is 2.20. The lowest BCUT2D eigenvalue weighted by atomic mass is 10.1. The quantitative estimate of drug-likeness (QED) is 0.399. The van der Waals surface area contributed by atoms with Crippen LogP contribution in [0.2, 0.25) is 0 Å². The second-order valence-corrected chi connectivity index (χ2v) is 5.95. The zero-order valence-corrected chi connectivity index (χ0v) is 14.3. The number of amides is 2. The molecule has 0 unspecified atom stereocenters. The highest BCUT2D eigenvalue weighted by Crippen LogP contribution is 2.22. The van der Waals surface area contributed by atoms with Gasteiger partial charge >= 0.3 is 0 Å². The summed E-state index contributed by atoms with van der Waals surface area (Å²) in [5, 5.41) is 25.2. The number of rotatable bonds is 4. The third-order valence-electron chi connectivity index (χ3n) is 2.85. The first kappa shape index (κ1) is 18.9. The van der Waals surface area contributed by atoms with Gasteiger partial charge in [0.2, 0.25) is 0 Å². The van der Waals surface area contributed by atoms with Gasteiger partial charge in [-0.2, -0.15) is 0 Å². The molecule has 13 heteroatoms. The van der Waals surface area contributed by atoms with Crippen molar-refractivity contribution in [3.63, 3.8) is 0 Å². The van der Waals surface area contributed by atoms with Gasteiger partial charge in [-0.1, -0.05) is 6.07 Å². The van der Waals surface area contributed by atoms with Gasteiger partial charge < -0.3 is 0 Å². The number of hydrogen-bond acceptors (Lipinski definition) is 8. The van der Waals surface area contributed by atoms with Crippen LogP contribution >= 0.6 is 23.6 Å². The molecule has 0 radical (unpaired) electrons. The first-order valence-electron chi connectivity index (χ1n) is 6.67. The monoisotopic (exact) mass is 395 g/mol. The molecule has 0 aliphatic rings. The number of carbonyl (C=O) groups excluding carboxylic acids is 2. The topological polar surface area (TPSA) is 157 Å². The van der Waals surface area contributed by atoms with Crippen LogP contribution in [0.4, 0.5) is 11.4 Å². The number of nitro benzene ring substituents is 2. The first-order valence-corrected chi connectivity index (χ1v) is 7.96. The number of hydrogen-bond donors (Lipinski definition) is 3. The molecule has 0 spiro atoms. The predicted molar refractivity (Wildman–Crippen MR) is 94.7 cm³/mol. The predicted octanol–water partition coefficient (Wildman–Crippen LogP) is 1.51. The van der Waals surface area contributed by atoms with E-state index in [0.29, 0.717) is 4.88 Å². The fraction of sp³-hybridized carbons (Fsp3) is 0. The average Bonchev–Trinajstić information content (AvgIpc) is 3.13. The number of nitro groups is 2. The van der Waals surface area contributed by atoms with Crippen molar-refractivity contribution < 1.29 is 19.4 Å². The Bertz CT molecular complexity index is 866. The summed E-state index contributed by atoms with van der Waals surface area (Å²) in [6.45, 7) is 0. The molecule has 0 fully saturated rings. The van der Waals surface area contributed by atoms with Crippen LogP contribution in [0.3, 0.4) is 0 Å². The number of non-ortho nitro benzene ring substituents is 2. The van der Waals surface area contributed by atoms with Crippen LogP contribution in [0.5, 0.6) is 0 Å². The number of benzene rings is 1. The lowest BCUT2D eigenvalue weighted by Crippen LogP contribution is -2.48. The second-order valence-electron chi connectivity index (χ2n) is 4.59. The summed E-state index contributed by atoms with van der Waals surface area (Å²) in [4.78, 5) is 44.1. The van der Waals surface area contributed by atoms with Gasteiger partial charge in [0.25, 0.3) is 23.2 Å². The Morgan fingerprint density at radius 2 is 1.62 bits per heavy atom. The summed E-state index contributed by atoms with van der Waals surface area (Å²) in [6.07, 6.45) is 0. The molecule has 11 nitrogen and oxygen atoms in total. The smallest absolute Gasteiger partial charge is 0.279 e. The highest BCUT2D eigenvalue weighted by molar-refractivity contribution is 7.80. The van der Waals surface area contributed by atoms with Gasteiger partial charge in [0, 0.05) is 12.1 Å². The molecule has 3 N–H and O–H groups in total. The van der Waals surface area contributed by atoms with Gasteiger partial charge in [-0.15, -0.1) is 11.3 Å². The Labute approximate surface area is 154 Å². The molecule has 2 rings (SSSR count). The van der Waals surface area contributed by atoms with Crippen LogP contribution in [0.25, 0.3) is 0 Å². The van der Waals surface area contributed by atoms with E-state index in [1.54, 1.807) is 17.5 Å². The molecule has 0 aliphatic carbocycles. The summed E-state index contributed by atoms with van der Waals surface area (Å²) >= 11 is 6.02. The van der Waals surface area contributed by atoms with Crippen LogP contribution < -0.4 is 16.2 Å². The van der Waals surface area contributed by atoms with Crippen LogP contribution in [-0.4, -0.2) is 26.8 Å². The molecule has 0 saturated carbocycles. The van der Waals surface area contributed by atoms with Crippen LogP contribution in [0.1, 0.15) is 20.0 Å². The van der Waals surface area contributed by atoms with E-state index in [1.807, 2.05) is 0 Å². The van der Waals surface area contributed by atoms with E-state index in [1.165, 1.54) is 11.3 Å². The molecule has 0 aliphatic heterocycles.